The molecule has 104 valence electrons. The Hall–Kier alpha value is -1.06. The Balaban J connectivity index is 2.29. The van der Waals surface area contributed by atoms with Crippen LogP contribution >= 0.6 is 0 Å². The lowest BCUT2D eigenvalue weighted by Crippen LogP contribution is -2.38. The van der Waals surface area contributed by atoms with Gasteiger partial charge in [-0.15, -0.1) is 0 Å². The second-order valence-electron chi connectivity index (χ2n) is 6.59. The van der Waals surface area contributed by atoms with E-state index in [0.29, 0.717) is 6.54 Å². The Morgan fingerprint density at radius 2 is 1.72 bits per heavy atom. The zero-order valence-electron chi connectivity index (χ0n) is 11.7. The number of hydrogen-bond acceptors (Lipinski definition) is 2. The molecular weight excluding hydrogens is 230 g/mol. The van der Waals surface area contributed by atoms with Crippen molar-refractivity contribution in [2.24, 2.45) is 17.3 Å². The number of carboxylic acids is 1. The lowest BCUT2D eigenvalue weighted by atomic mass is 9.80. The molecule has 1 saturated carbocycles. The number of amides is 1. The van der Waals surface area contributed by atoms with E-state index in [0.717, 1.165) is 25.7 Å². The van der Waals surface area contributed by atoms with Crippen LogP contribution in [0.5, 0.6) is 0 Å². The van der Waals surface area contributed by atoms with Gasteiger partial charge in [-0.05, 0) is 37.0 Å². The van der Waals surface area contributed by atoms with Gasteiger partial charge < -0.3 is 10.4 Å². The summed E-state index contributed by atoms with van der Waals surface area (Å²) in [5.41, 5.74) is 0.107. The molecule has 1 amide bonds. The summed E-state index contributed by atoms with van der Waals surface area (Å²) in [4.78, 5) is 22.6. The van der Waals surface area contributed by atoms with Crippen molar-refractivity contribution in [3.8, 4) is 0 Å². The van der Waals surface area contributed by atoms with Gasteiger partial charge in [-0.1, -0.05) is 20.8 Å². The molecule has 0 aliphatic heterocycles. The number of carboxylic acid groups (broad SMARTS) is 1. The molecule has 1 aliphatic carbocycles. The topological polar surface area (TPSA) is 66.4 Å². The van der Waals surface area contributed by atoms with Crippen LogP contribution in [0.15, 0.2) is 0 Å². The lowest BCUT2D eigenvalue weighted by molar-refractivity contribution is -0.138. The number of aliphatic carboxylic acids is 1. The van der Waals surface area contributed by atoms with Crippen LogP contribution in [0.2, 0.25) is 0 Å². The first kappa shape index (κ1) is 15.0. The highest BCUT2D eigenvalue weighted by molar-refractivity contribution is 5.78. The molecule has 4 nitrogen and oxygen atoms in total. The first-order valence-corrected chi connectivity index (χ1v) is 6.77. The second kappa shape index (κ2) is 6.21. The highest BCUT2D eigenvalue weighted by Crippen LogP contribution is 2.31. The van der Waals surface area contributed by atoms with E-state index in [1.54, 1.807) is 0 Å². The molecule has 0 saturated heterocycles. The van der Waals surface area contributed by atoms with Gasteiger partial charge in [0.2, 0.25) is 5.91 Å². The van der Waals surface area contributed by atoms with Crippen molar-refractivity contribution in [1.29, 1.82) is 0 Å². The Kier molecular flexibility index (Phi) is 5.17. The molecule has 0 atom stereocenters. The van der Waals surface area contributed by atoms with E-state index in [1.165, 1.54) is 0 Å². The third kappa shape index (κ3) is 5.52. The molecule has 18 heavy (non-hydrogen) atoms. The minimum absolute atomic E-state index is 0.0809. The summed E-state index contributed by atoms with van der Waals surface area (Å²) in [5, 5.41) is 11.7. The Morgan fingerprint density at radius 3 is 2.17 bits per heavy atom. The van der Waals surface area contributed by atoms with Crippen LogP contribution in [0.3, 0.4) is 0 Å². The molecule has 0 spiro atoms. The van der Waals surface area contributed by atoms with Crippen molar-refractivity contribution in [1.82, 2.24) is 5.32 Å². The summed E-state index contributed by atoms with van der Waals surface area (Å²) in [7, 11) is 0. The fraction of sp³-hybridized carbons (Fsp3) is 0.857. The summed E-state index contributed by atoms with van der Waals surface area (Å²) in [6.45, 7) is 6.98. The highest BCUT2D eigenvalue weighted by Gasteiger charge is 2.27. The average molecular weight is 255 g/mol. The minimum atomic E-state index is -0.726. The predicted molar refractivity (Wildman–Crippen MR) is 70.2 cm³/mol. The Labute approximate surface area is 109 Å². The third-order valence-corrected chi connectivity index (χ3v) is 3.47. The quantitative estimate of drug-likeness (QED) is 0.810. The van der Waals surface area contributed by atoms with E-state index in [9.17, 15) is 9.59 Å². The lowest BCUT2D eigenvalue weighted by Gasteiger charge is -2.28. The summed E-state index contributed by atoms with van der Waals surface area (Å²) < 4.78 is 0. The van der Waals surface area contributed by atoms with Crippen molar-refractivity contribution < 1.29 is 14.7 Å². The van der Waals surface area contributed by atoms with E-state index in [4.69, 9.17) is 5.11 Å². The van der Waals surface area contributed by atoms with Gasteiger partial charge in [-0.3, -0.25) is 9.59 Å². The molecule has 4 heteroatoms. The van der Waals surface area contributed by atoms with Gasteiger partial charge in [0.25, 0.3) is 0 Å². The fourth-order valence-corrected chi connectivity index (χ4v) is 2.37. The predicted octanol–water partition coefficient (Wildman–Crippen LogP) is 2.43. The smallest absolute Gasteiger partial charge is 0.303 e. The molecule has 0 radical (unpaired) electrons. The first-order chi connectivity index (χ1) is 8.28. The SMILES string of the molecule is CC(C)(C)CNC(=O)C1CCC(CC(=O)O)CC1. The van der Waals surface area contributed by atoms with E-state index in [1.807, 2.05) is 0 Å². The van der Waals surface area contributed by atoms with Gasteiger partial charge in [0.1, 0.15) is 0 Å². The third-order valence-electron chi connectivity index (χ3n) is 3.47. The Morgan fingerprint density at radius 1 is 1.17 bits per heavy atom. The van der Waals surface area contributed by atoms with E-state index >= 15 is 0 Å². The van der Waals surface area contributed by atoms with Gasteiger partial charge in [0.15, 0.2) is 0 Å². The molecule has 1 fully saturated rings. The number of nitrogens with one attached hydrogen (secondary N) is 1. The molecule has 0 aromatic rings. The van der Waals surface area contributed by atoms with Crippen LogP contribution in [0.4, 0.5) is 0 Å². The van der Waals surface area contributed by atoms with Crippen molar-refractivity contribution >= 4 is 11.9 Å². The van der Waals surface area contributed by atoms with E-state index < -0.39 is 5.97 Å². The van der Waals surface area contributed by atoms with Crippen LogP contribution in [0, 0.1) is 17.3 Å². The maximum absolute atomic E-state index is 11.9. The van der Waals surface area contributed by atoms with Gasteiger partial charge in [-0.2, -0.15) is 0 Å². The van der Waals surface area contributed by atoms with Gasteiger partial charge >= 0.3 is 5.97 Å². The molecule has 0 heterocycles. The van der Waals surface area contributed by atoms with Crippen molar-refractivity contribution in [3.05, 3.63) is 0 Å². The van der Waals surface area contributed by atoms with Crippen LogP contribution in [0.1, 0.15) is 52.9 Å². The van der Waals surface area contributed by atoms with E-state index in [2.05, 4.69) is 26.1 Å². The van der Waals surface area contributed by atoms with Crippen LogP contribution in [-0.4, -0.2) is 23.5 Å². The van der Waals surface area contributed by atoms with Gasteiger partial charge in [-0.25, -0.2) is 0 Å². The minimum Gasteiger partial charge on any atom is -0.481 e. The molecule has 2 N–H and O–H groups in total. The van der Waals surface area contributed by atoms with Crippen molar-refractivity contribution in [2.45, 2.75) is 52.9 Å². The number of carbonyl (C=O) groups is 2. The fourth-order valence-electron chi connectivity index (χ4n) is 2.37. The summed E-state index contributed by atoms with van der Waals surface area (Å²) >= 11 is 0. The normalized spacial score (nSPS) is 24.6. The summed E-state index contributed by atoms with van der Waals surface area (Å²) in [6.07, 6.45) is 3.62. The first-order valence-electron chi connectivity index (χ1n) is 6.77. The molecule has 0 aromatic heterocycles. The molecule has 0 bridgehead atoms. The Bertz CT molecular complexity index is 299. The molecule has 1 aliphatic rings. The maximum Gasteiger partial charge on any atom is 0.303 e. The molecule has 0 unspecified atom stereocenters. The van der Waals surface area contributed by atoms with Crippen molar-refractivity contribution in [2.75, 3.05) is 6.54 Å². The molecule has 0 aromatic carbocycles. The maximum atomic E-state index is 11.9. The van der Waals surface area contributed by atoms with Gasteiger partial charge in [0.05, 0.1) is 0 Å². The number of rotatable bonds is 4. The second-order valence-corrected chi connectivity index (χ2v) is 6.59. The largest absolute Gasteiger partial charge is 0.481 e. The zero-order chi connectivity index (χ0) is 13.8. The monoisotopic (exact) mass is 255 g/mol. The zero-order valence-corrected chi connectivity index (χ0v) is 11.7. The average Bonchev–Trinajstić information content (AvgIpc) is 2.25. The van der Waals surface area contributed by atoms with Crippen molar-refractivity contribution in [3.63, 3.8) is 0 Å². The highest BCUT2D eigenvalue weighted by atomic mass is 16.4. The van der Waals surface area contributed by atoms with Crippen LogP contribution in [0.25, 0.3) is 0 Å². The van der Waals surface area contributed by atoms with E-state index in [-0.39, 0.29) is 29.6 Å². The molecular formula is C14H25NO3. The standard InChI is InChI=1S/C14H25NO3/c1-14(2,3)9-15-13(18)11-6-4-10(5-7-11)8-12(16)17/h10-11H,4-9H2,1-3H3,(H,15,18)(H,16,17). The van der Waals surface area contributed by atoms with Crippen LogP contribution in [-0.2, 0) is 9.59 Å². The van der Waals surface area contributed by atoms with Crippen LogP contribution < -0.4 is 5.32 Å². The number of hydrogen-bond donors (Lipinski definition) is 2. The molecule has 1 rings (SSSR count). The number of carbonyl (C=O) groups excluding carboxylic acids is 1. The van der Waals surface area contributed by atoms with Gasteiger partial charge in [0, 0.05) is 18.9 Å². The summed E-state index contributed by atoms with van der Waals surface area (Å²) in [5.74, 6) is -0.249. The summed E-state index contributed by atoms with van der Waals surface area (Å²) in [6, 6.07) is 0.